The van der Waals surface area contributed by atoms with Crippen molar-refractivity contribution in [1.29, 1.82) is 5.26 Å². The molecule has 17 heavy (non-hydrogen) atoms. The van der Waals surface area contributed by atoms with E-state index in [1.807, 2.05) is 13.0 Å². The Bertz CT molecular complexity index is 388. The molecule has 0 aliphatic heterocycles. The maximum Gasteiger partial charge on any atom is 0.224 e. The van der Waals surface area contributed by atoms with Crippen molar-refractivity contribution < 1.29 is 4.74 Å². The number of anilines is 1. The van der Waals surface area contributed by atoms with Gasteiger partial charge in [-0.3, -0.25) is 0 Å². The molecular weight excluding hydrogens is 218 g/mol. The monoisotopic (exact) mass is 235 g/mol. The van der Waals surface area contributed by atoms with Gasteiger partial charge in [0.2, 0.25) is 5.95 Å². The molecule has 0 saturated carbocycles. The normalized spacial score (nSPS) is 9.94. The van der Waals surface area contributed by atoms with Crippen molar-refractivity contribution in [2.24, 2.45) is 0 Å². The van der Waals surface area contributed by atoms with Crippen molar-refractivity contribution in [3.63, 3.8) is 0 Å². The lowest BCUT2D eigenvalue weighted by Gasteiger charge is -2.06. The van der Waals surface area contributed by atoms with Gasteiger partial charge >= 0.3 is 0 Å². The molecule has 0 fully saturated rings. The maximum atomic E-state index is 8.76. The quantitative estimate of drug-likeness (QED) is 0.662. The summed E-state index contributed by atoms with van der Waals surface area (Å²) in [5, 5.41) is 15.0. The Balaban J connectivity index is 2.32. The third kappa shape index (κ3) is 5.24. The van der Waals surface area contributed by atoms with Gasteiger partial charge in [-0.1, -0.05) is 0 Å². The summed E-state index contributed by atoms with van der Waals surface area (Å²) in [5.74, 6) is 0.495. The first-order valence-corrected chi connectivity index (χ1v) is 5.45. The molecule has 1 heterocycles. The van der Waals surface area contributed by atoms with E-state index in [4.69, 9.17) is 10.00 Å². The van der Waals surface area contributed by atoms with E-state index in [2.05, 4.69) is 20.6 Å². The number of nitrogens with one attached hydrogen (secondary N) is 2. The molecular formula is C11H17N5O. The number of rotatable bonds is 7. The number of methoxy groups -OCH3 is 1. The van der Waals surface area contributed by atoms with E-state index in [0.29, 0.717) is 24.8 Å². The maximum absolute atomic E-state index is 8.76. The van der Waals surface area contributed by atoms with Gasteiger partial charge in [0.25, 0.3) is 0 Å². The zero-order chi connectivity index (χ0) is 12.5. The molecule has 92 valence electrons. The Hall–Kier alpha value is -1.71. The average Bonchev–Trinajstić information content (AvgIpc) is 2.33. The van der Waals surface area contributed by atoms with Crippen LogP contribution < -0.4 is 10.6 Å². The summed E-state index contributed by atoms with van der Waals surface area (Å²) in [6, 6.07) is 3.66. The average molecular weight is 235 g/mol. The standard InChI is InChI=1S/C11H17N5O/c1-9-7-10(8-12)16-11(15-9)14-4-3-13-5-6-17-2/h7,13H,3-6H2,1-2H3,(H,14,15,16). The van der Waals surface area contributed by atoms with E-state index < -0.39 is 0 Å². The van der Waals surface area contributed by atoms with E-state index in [1.54, 1.807) is 13.2 Å². The van der Waals surface area contributed by atoms with Crippen molar-refractivity contribution in [1.82, 2.24) is 15.3 Å². The van der Waals surface area contributed by atoms with E-state index in [-0.39, 0.29) is 0 Å². The molecule has 0 saturated heterocycles. The Morgan fingerprint density at radius 3 is 2.88 bits per heavy atom. The van der Waals surface area contributed by atoms with Crippen molar-refractivity contribution in [2.75, 3.05) is 38.7 Å². The molecule has 2 N–H and O–H groups in total. The summed E-state index contributed by atoms with van der Waals surface area (Å²) in [7, 11) is 1.67. The van der Waals surface area contributed by atoms with Crippen LogP contribution in [-0.2, 0) is 4.74 Å². The lowest BCUT2D eigenvalue weighted by molar-refractivity contribution is 0.200. The summed E-state index contributed by atoms with van der Waals surface area (Å²) >= 11 is 0. The molecule has 0 atom stereocenters. The highest BCUT2D eigenvalue weighted by Gasteiger charge is 2.00. The zero-order valence-corrected chi connectivity index (χ0v) is 10.2. The van der Waals surface area contributed by atoms with Crippen molar-refractivity contribution in [3.8, 4) is 6.07 Å². The molecule has 6 heteroatoms. The molecule has 0 amide bonds. The smallest absolute Gasteiger partial charge is 0.224 e. The van der Waals surface area contributed by atoms with Gasteiger partial charge in [0.15, 0.2) is 0 Å². The predicted octanol–water partition coefficient (Wildman–Crippen LogP) is 0.305. The highest BCUT2D eigenvalue weighted by molar-refractivity contribution is 5.32. The minimum atomic E-state index is 0.382. The van der Waals surface area contributed by atoms with Crippen LogP contribution in [0.15, 0.2) is 6.07 Å². The first-order chi connectivity index (χ1) is 8.26. The van der Waals surface area contributed by atoms with Gasteiger partial charge in [-0.25, -0.2) is 9.97 Å². The van der Waals surface area contributed by atoms with Crippen LogP contribution in [0.1, 0.15) is 11.4 Å². The third-order valence-electron chi connectivity index (χ3n) is 2.04. The van der Waals surface area contributed by atoms with Gasteiger partial charge in [0.05, 0.1) is 6.61 Å². The fourth-order valence-corrected chi connectivity index (χ4v) is 1.27. The summed E-state index contributed by atoms with van der Waals surface area (Å²) in [6.45, 7) is 4.85. The van der Waals surface area contributed by atoms with E-state index in [9.17, 15) is 0 Å². The summed E-state index contributed by atoms with van der Waals surface area (Å²) in [4.78, 5) is 8.24. The van der Waals surface area contributed by atoms with Crippen LogP contribution in [0.3, 0.4) is 0 Å². The van der Waals surface area contributed by atoms with Crippen LogP contribution >= 0.6 is 0 Å². The second-order valence-electron chi connectivity index (χ2n) is 3.50. The molecule has 0 spiro atoms. The van der Waals surface area contributed by atoms with Crippen molar-refractivity contribution in [2.45, 2.75) is 6.92 Å². The third-order valence-corrected chi connectivity index (χ3v) is 2.04. The number of ether oxygens (including phenoxy) is 1. The highest BCUT2D eigenvalue weighted by atomic mass is 16.5. The largest absolute Gasteiger partial charge is 0.383 e. The van der Waals surface area contributed by atoms with Gasteiger partial charge in [0.1, 0.15) is 11.8 Å². The van der Waals surface area contributed by atoms with Gasteiger partial charge in [0, 0.05) is 32.4 Å². The number of hydrogen-bond acceptors (Lipinski definition) is 6. The molecule has 0 bridgehead atoms. The Kier molecular flexibility index (Phi) is 5.93. The van der Waals surface area contributed by atoms with Crippen LogP contribution in [-0.4, -0.2) is 43.3 Å². The number of hydrogen-bond donors (Lipinski definition) is 2. The van der Waals surface area contributed by atoms with Gasteiger partial charge in [-0.05, 0) is 13.0 Å². The van der Waals surface area contributed by atoms with Crippen molar-refractivity contribution in [3.05, 3.63) is 17.5 Å². The minimum absolute atomic E-state index is 0.382. The molecule has 1 rings (SSSR count). The fraction of sp³-hybridized carbons (Fsp3) is 0.545. The molecule has 1 aromatic heterocycles. The Labute approximate surface area is 101 Å². The summed E-state index contributed by atoms with van der Waals surface area (Å²) in [5.41, 5.74) is 1.17. The topological polar surface area (TPSA) is 82.9 Å². The van der Waals surface area contributed by atoms with Crippen LogP contribution in [0.4, 0.5) is 5.95 Å². The molecule has 0 aromatic carbocycles. The van der Waals surface area contributed by atoms with E-state index in [1.165, 1.54) is 0 Å². The molecule has 6 nitrogen and oxygen atoms in total. The molecule has 0 aliphatic rings. The van der Waals surface area contributed by atoms with Gasteiger partial charge in [-0.15, -0.1) is 0 Å². The van der Waals surface area contributed by atoms with Crippen LogP contribution in [0.2, 0.25) is 0 Å². The number of aryl methyl sites for hydroxylation is 1. The van der Waals surface area contributed by atoms with Crippen molar-refractivity contribution >= 4 is 5.95 Å². The molecule has 0 radical (unpaired) electrons. The van der Waals surface area contributed by atoms with E-state index >= 15 is 0 Å². The first-order valence-electron chi connectivity index (χ1n) is 5.45. The predicted molar refractivity (Wildman–Crippen MR) is 64.7 cm³/mol. The lowest BCUT2D eigenvalue weighted by Crippen LogP contribution is -2.26. The first kappa shape index (κ1) is 13.4. The van der Waals surface area contributed by atoms with Gasteiger partial charge < -0.3 is 15.4 Å². The molecule has 0 aliphatic carbocycles. The van der Waals surface area contributed by atoms with Crippen LogP contribution in [0.5, 0.6) is 0 Å². The fourth-order valence-electron chi connectivity index (χ4n) is 1.27. The van der Waals surface area contributed by atoms with Crippen LogP contribution in [0.25, 0.3) is 0 Å². The molecule has 1 aromatic rings. The SMILES string of the molecule is COCCNCCNc1nc(C)cc(C#N)n1. The summed E-state index contributed by atoms with van der Waals surface area (Å²) in [6.07, 6.45) is 0. The Morgan fingerprint density at radius 1 is 1.35 bits per heavy atom. The summed E-state index contributed by atoms with van der Waals surface area (Å²) < 4.78 is 4.91. The minimum Gasteiger partial charge on any atom is -0.383 e. The van der Waals surface area contributed by atoms with E-state index in [0.717, 1.165) is 18.8 Å². The molecule has 0 unspecified atom stereocenters. The second-order valence-corrected chi connectivity index (χ2v) is 3.50. The second kappa shape index (κ2) is 7.54. The Morgan fingerprint density at radius 2 is 2.18 bits per heavy atom. The number of aromatic nitrogens is 2. The lowest BCUT2D eigenvalue weighted by atomic mass is 10.3. The zero-order valence-electron chi connectivity index (χ0n) is 10.2. The van der Waals surface area contributed by atoms with Gasteiger partial charge in [-0.2, -0.15) is 5.26 Å². The van der Waals surface area contributed by atoms with Crippen LogP contribution in [0, 0.1) is 18.3 Å². The number of nitriles is 1. The highest BCUT2D eigenvalue weighted by Crippen LogP contribution is 2.02. The number of nitrogens with zero attached hydrogens (tertiary/aromatic N) is 3.